The van der Waals surface area contributed by atoms with Crippen LogP contribution in [-0.2, 0) is 13.6 Å². The monoisotopic (exact) mass is 348 g/mol. The zero-order valence-electron chi connectivity index (χ0n) is 14.7. The summed E-state index contributed by atoms with van der Waals surface area (Å²) in [6.45, 7) is 2.35. The van der Waals surface area contributed by atoms with Crippen molar-refractivity contribution >= 4 is 17.0 Å². The molecule has 1 saturated heterocycles. The van der Waals surface area contributed by atoms with Gasteiger partial charge in [0.25, 0.3) is 0 Å². The van der Waals surface area contributed by atoms with Crippen LogP contribution in [0, 0.1) is 17.2 Å². The minimum atomic E-state index is -0.0161. The van der Waals surface area contributed by atoms with E-state index in [0.717, 1.165) is 42.9 Å². The van der Waals surface area contributed by atoms with Crippen LogP contribution in [0.1, 0.15) is 18.4 Å². The molecule has 1 aliphatic rings. The van der Waals surface area contributed by atoms with Crippen LogP contribution in [0.2, 0.25) is 0 Å². The van der Waals surface area contributed by atoms with Gasteiger partial charge in [-0.25, -0.2) is 14.8 Å². The van der Waals surface area contributed by atoms with E-state index >= 15 is 0 Å². The number of anilines is 1. The molecular weight excluding hydrogens is 328 g/mol. The van der Waals surface area contributed by atoms with Gasteiger partial charge in [0.05, 0.1) is 11.1 Å². The van der Waals surface area contributed by atoms with E-state index in [4.69, 9.17) is 0 Å². The SMILES string of the molecule is Cn1c(=O)n(CC2CCN(c3ncccc3C#N)CC2)c2ncccc21. The first kappa shape index (κ1) is 16.3. The molecule has 3 aromatic heterocycles. The summed E-state index contributed by atoms with van der Waals surface area (Å²) in [5.74, 6) is 1.17. The van der Waals surface area contributed by atoms with Crippen LogP contribution >= 0.6 is 0 Å². The number of nitriles is 1. The molecule has 7 heteroatoms. The second-order valence-corrected chi connectivity index (χ2v) is 6.72. The summed E-state index contributed by atoms with van der Waals surface area (Å²) in [6, 6.07) is 9.58. The second kappa shape index (κ2) is 6.64. The first-order chi connectivity index (χ1) is 12.7. The number of aryl methyl sites for hydroxylation is 1. The average molecular weight is 348 g/mol. The van der Waals surface area contributed by atoms with Crippen LogP contribution in [0.3, 0.4) is 0 Å². The predicted molar refractivity (Wildman–Crippen MR) is 98.9 cm³/mol. The molecule has 1 aliphatic heterocycles. The van der Waals surface area contributed by atoms with Crippen molar-refractivity contribution in [1.82, 2.24) is 19.1 Å². The highest BCUT2D eigenvalue weighted by Crippen LogP contribution is 2.25. The third-order valence-corrected chi connectivity index (χ3v) is 5.16. The summed E-state index contributed by atoms with van der Waals surface area (Å²) in [6.07, 6.45) is 5.36. The van der Waals surface area contributed by atoms with Gasteiger partial charge >= 0.3 is 5.69 Å². The van der Waals surface area contributed by atoms with E-state index in [2.05, 4.69) is 20.9 Å². The lowest BCUT2D eigenvalue weighted by atomic mass is 9.96. The molecule has 3 aromatic rings. The van der Waals surface area contributed by atoms with Crippen molar-refractivity contribution in [2.45, 2.75) is 19.4 Å². The van der Waals surface area contributed by atoms with Gasteiger partial charge in [0.2, 0.25) is 0 Å². The van der Waals surface area contributed by atoms with E-state index in [0.29, 0.717) is 18.0 Å². The van der Waals surface area contributed by atoms with Gasteiger partial charge in [0.1, 0.15) is 11.9 Å². The van der Waals surface area contributed by atoms with Crippen LogP contribution in [0.25, 0.3) is 11.2 Å². The maximum atomic E-state index is 12.6. The summed E-state index contributed by atoms with van der Waals surface area (Å²) in [5, 5.41) is 9.27. The maximum Gasteiger partial charge on any atom is 0.330 e. The molecule has 0 atom stereocenters. The van der Waals surface area contributed by atoms with Gasteiger partial charge in [-0.1, -0.05) is 0 Å². The van der Waals surface area contributed by atoms with E-state index in [9.17, 15) is 10.1 Å². The fraction of sp³-hybridized carbons (Fsp3) is 0.368. The lowest BCUT2D eigenvalue weighted by molar-refractivity contribution is 0.354. The molecule has 0 bridgehead atoms. The molecule has 4 rings (SSSR count). The van der Waals surface area contributed by atoms with Gasteiger partial charge in [-0.3, -0.25) is 9.13 Å². The van der Waals surface area contributed by atoms with Crippen LogP contribution in [0.15, 0.2) is 41.5 Å². The van der Waals surface area contributed by atoms with Crippen molar-refractivity contribution in [1.29, 1.82) is 5.26 Å². The van der Waals surface area contributed by atoms with Crippen LogP contribution in [-0.4, -0.2) is 32.2 Å². The largest absolute Gasteiger partial charge is 0.356 e. The summed E-state index contributed by atoms with van der Waals surface area (Å²) in [7, 11) is 1.79. The Balaban J connectivity index is 1.51. The third kappa shape index (κ3) is 2.73. The average Bonchev–Trinajstić information content (AvgIpc) is 2.94. The first-order valence-corrected chi connectivity index (χ1v) is 8.79. The van der Waals surface area contributed by atoms with E-state index in [1.54, 1.807) is 40.7 Å². The normalized spacial score (nSPS) is 15.3. The van der Waals surface area contributed by atoms with Gasteiger partial charge in [-0.15, -0.1) is 0 Å². The van der Waals surface area contributed by atoms with Crippen molar-refractivity contribution in [3.63, 3.8) is 0 Å². The molecule has 0 aromatic carbocycles. The predicted octanol–water partition coefficient (Wildman–Crippen LogP) is 1.92. The Kier molecular flexibility index (Phi) is 4.17. The smallest absolute Gasteiger partial charge is 0.330 e. The number of fused-ring (bicyclic) bond motifs is 1. The minimum absolute atomic E-state index is 0.0161. The topological polar surface area (TPSA) is 79.7 Å². The van der Waals surface area contributed by atoms with E-state index < -0.39 is 0 Å². The zero-order chi connectivity index (χ0) is 18.1. The fourth-order valence-electron chi connectivity index (χ4n) is 3.72. The van der Waals surface area contributed by atoms with E-state index in [1.807, 2.05) is 12.1 Å². The molecule has 0 radical (unpaired) electrons. The van der Waals surface area contributed by atoms with Gasteiger partial charge < -0.3 is 4.90 Å². The molecule has 132 valence electrons. The van der Waals surface area contributed by atoms with Crippen molar-refractivity contribution in [2.75, 3.05) is 18.0 Å². The zero-order valence-corrected chi connectivity index (χ0v) is 14.7. The van der Waals surface area contributed by atoms with Crippen molar-refractivity contribution in [3.8, 4) is 6.07 Å². The second-order valence-electron chi connectivity index (χ2n) is 6.72. The first-order valence-electron chi connectivity index (χ1n) is 8.79. The van der Waals surface area contributed by atoms with Gasteiger partial charge in [-0.2, -0.15) is 5.26 Å². The van der Waals surface area contributed by atoms with Gasteiger partial charge in [0, 0.05) is 39.1 Å². The fourth-order valence-corrected chi connectivity index (χ4v) is 3.72. The van der Waals surface area contributed by atoms with Crippen molar-refractivity contribution in [3.05, 3.63) is 52.7 Å². The molecule has 26 heavy (non-hydrogen) atoms. The summed E-state index contributed by atoms with van der Waals surface area (Å²) >= 11 is 0. The van der Waals surface area contributed by atoms with Crippen molar-refractivity contribution in [2.24, 2.45) is 13.0 Å². The highest BCUT2D eigenvalue weighted by molar-refractivity contribution is 5.71. The van der Waals surface area contributed by atoms with Crippen LogP contribution in [0.5, 0.6) is 0 Å². The third-order valence-electron chi connectivity index (χ3n) is 5.16. The molecule has 0 aliphatic carbocycles. The lowest BCUT2D eigenvalue weighted by Crippen LogP contribution is -2.37. The Morgan fingerprint density at radius 2 is 1.92 bits per heavy atom. The number of rotatable bonds is 3. The molecule has 0 N–H and O–H groups in total. The molecule has 1 fully saturated rings. The standard InChI is InChI=1S/C19H20N6O/c1-23-16-5-3-9-22-18(16)25(19(23)26)13-14-6-10-24(11-7-14)17-15(12-20)4-2-8-21-17/h2-5,8-9,14H,6-7,10-11,13H2,1H3. The Hall–Kier alpha value is -3.14. The molecule has 0 saturated carbocycles. The summed E-state index contributed by atoms with van der Waals surface area (Å²) in [4.78, 5) is 23.5. The Bertz CT molecular complexity index is 1040. The molecule has 0 unspecified atom stereocenters. The summed E-state index contributed by atoms with van der Waals surface area (Å²) < 4.78 is 3.45. The molecule has 7 nitrogen and oxygen atoms in total. The Morgan fingerprint density at radius 3 is 2.69 bits per heavy atom. The maximum absolute atomic E-state index is 12.6. The van der Waals surface area contributed by atoms with Crippen LogP contribution in [0.4, 0.5) is 5.82 Å². The van der Waals surface area contributed by atoms with Crippen molar-refractivity contribution < 1.29 is 0 Å². The molecule has 4 heterocycles. The molecule has 0 spiro atoms. The van der Waals surface area contributed by atoms with E-state index in [1.165, 1.54) is 0 Å². The molecule has 0 amide bonds. The number of nitrogens with zero attached hydrogens (tertiary/aromatic N) is 6. The Morgan fingerprint density at radius 1 is 1.19 bits per heavy atom. The highest BCUT2D eigenvalue weighted by Gasteiger charge is 2.24. The number of imidazole rings is 1. The Labute approximate surface area is 151 Å². The highest BCUT2D eigenvalue weighted by atomic mass is 16.1. The number of pyridine rings is 2. The van der Waals surface area contributed by atoms with Crippen LogP contribution < -0.4 is 10.6 Å². The number of hydrogen-bond donors (Lipinski definition) is 0. The summed E-state index contributed by atoms with van der Waals surface area (Å²) in [5.41, 5.74) is 2.21. The minimum Gasteiger partial charge on any atom is -0.356 e. The van der Waals surface area contributed by atoms with E-state index in [-0.39, 0.29) is 5.69 Å². The number of hydrogen-bond acceptors (Lipinski definition) is 5. The number of piperidine rings is 1. The van der Waals surface area contributed by atoms with Gasteiger partial charge in [0.15, 0.2) is 5.65 Å². The lowest BCUT2D eigenvalue weighted by Gasteiger charge is -2.33. The molecular formula is C19H20N6O. The number of aromatic nitrogens is 4. The van der Waals surface area contributed by atoms with Gasteiger partial charge in [-0.05, 0) is 43.0 Å². The quantitative estimate of drug-likeness (QED) is 0.722.